The highest BCUT2D eigenvalue weighted by Gasteiger charge is 2.26. The van der Waals surface area contributed by atoms with Crippen molar-refractivity contribution in [3.8, 4) is 0 Å². The highest BCUT2D eigenvalue weighted by Crippen LogP contribution is 2.09. The summed E-state index contributed by atoms with van der Waals surface area (Å²) >= 11 is 0. The summed E-state index contributed by atoms with van der Waals surface area (Å²) in [6.45, 7) is 3.42. The van der Waals surface area contributed by atoms with Gasteiger partial charge >= 0.3 is 5.97 Å². The number of amides is 2. The molecule has 7 heteroatoms. The Morgan fingerprint density at radius 1 is 1.33 bits per heavy atom. The van der Waals surface area contributed by atoms with Gasteiger partial charge in [0.2, 0.25) is 11.8 Å². The van der Waals surface area contributed by atoms with Crippen molar-refractivity contribution in [2.45, 2.75) is 26.3 Å². The summed E-state index contributed by atoms with van der Waals surface area (Å²) in [6.07, 6.45) is 0.00864. The SMILES string of the molecule is CCOC(=O)C[C@H](C)[C@@H](NC(=O)COC)C(N)=O. The molecule has 0 saturated carbocycles. The van der Waals surface area contributed by atoms with Gasteiger partial charge in [0.25, 0.3) is 0 Å². The summed E-state index contributed by atoms with van der Waals surface area (Å²) in [6, 6.07) is -0.919. The minimum absolute atomic E-state index is 0.00864. The summed E-state index contributed by atoms with van der Waals surface area (Å²) in [5.74, 6) is -2.03. The molecule has 104 valence electrons. The van der Waals surface area contributed by atoms with Crippen LogP contribution in [0.3, 0.4) is 0 Å². The van der Waals surface area contributed by atoms with Crippen LogP contribution in [-0.4, -0.2) is 44.1 Å². The second-order valence-corrected chi connectivity index (χ2v) is 3.87. The van der Waals surface area contributed by atoms with Gasteiger partial charge < -0.3 is 20.5 Å². The molecule has 0 heterocycles. The maximum absolute atomic E-state index is 11.3. The van der Waals surface area contributed by atoms with Crippen LogP contribution in [0.4, 0.5) is 0 Å². The Kier molecular flexibility index (Phi) is 7.69. The van der Waals surface area contributed by atoms with Crippen molar-refractivity contribution in [2.75, 3.05) is 20.3 Å². The number of rotatable bonds is 8. The van der Waals surface area contributed by atoms with Crippen molar-refractivity contribution in [3.05, 3.63) is 0 Å². The molecule has 0 unspecified atom stereocenters. The van der Waals surface area contributed by atoms with E-state index in [0.717, 1.165) is 0 Å². The molecule has 0 saturated heterocycles. The smallest absolute Gasteiger partial charge is 0.306 e. The third-order valence-corrected chi connectivity index (χ3v) is 2.26. The first kappa shape index (κ1) is 16.4. The Morgan fingerprint density at radius 3 is 2.39 bits per heavy atom. The largest absolute Gasteiger partial charge is 0.466 e. The van der Waals surface area contributed by atoms with E-state index in [1.807, 2.05) is 0 Å². The van der Waals surface area contributed by atoms with Crippen LogP contribution in [0.2, 0.25) is 0 Å². The summed E-state index contributed by atoms with van der Waals surface area (Å²) in [5, 5.41) is 2.42. The Morgan fingerprint density at radius 2 is 1.94 bits per heavy atom. The molecule has 18 heavy (non-hydrogen) atoms. The van der Waals surface area contributed by atoms with Crippen molar-refractivity contribution in [3.63, 3.8) is 0 Å². The van der Waals surface area contributed by atoms with Crippen LogP contribution in [0.5, 0.6) is 0 Å². The molecule has 0 spiro atoms. The molecular weight excluding hydrogens is 240 g/mol. The molecular formula is C11H20N2O5. The lowest BCUT2D eigenvalue weighted by atomic mass is 9.97. The fourth-order valence-corrected chi connectivity index (χ4v) is 1.44. The first-order chi connectivity index (χ1) is 8.42. The average molecular weight is 260 g/mol. The van der Waals surface area contributed by atoms with Gasteiger partial charge in [0, 0.05) is 7.11 Å². The van der Waals surface area contributed by atoms with Crippen LogP contribution in [0, 0.1) is 5.92 Å². The van der Waals surface area contributed by atoms with Gasteiger partial charge in [0.05, 0.1) is 13.0 Å². The van der Waals surface area contributed by atoms with E-state index in [1.165, 1.54) is 7.11 Å². The number of carbonyl (C=O) groups excluding carboxylic acids is 3. The number of primary amides is 1. The number of nitrogens with two attached hydrogens (primary N) is 1. The molecule has 0 aliphatic heterocycles. The lowest BCUT2D eigenvalue weighted by Crippen LogP contribution is -2.49. The standard InChI is InChI=1S/C11H20N2O5/c1-4-18-9(15)5-7(2)10(11(12)16)13-8(14)6-17-3/h7,10H,4-6H2,1-3H3,(H2,12,16)(H,13,14)/t7-,10+/m0/s1. The summed E-state index contributed by atoms with van der Waals surface area (Å²) in [7, 11) is 1.36. The highest BCUT2D eigenvalue weighted by molar-refractivity contribution is 5.87. The molecule has 0 fully saturated rings. The number of hydrogen-bond acceptors (Lipinski definition) is 5. The van der Waals surface area contributed by atoms with Crippen LogP contribution >= 0.6 is 0 Å². The molecule has 0 rings (SSSR count). The third kappa shape index (κ3) is 6.19. The van der Waals surface area contributed by atoms with Crippen molar-refractivity contribution in [1.82, 2.24) is 5.32 Å². The van der Waals surface area contributed by atoms with Crippen molar-refractivity contribution >= 4 is 17.8 Å². The second-order valence-electron chi connectivity index (χ2n) is 3.87. The van der Waals surface area contributed by atoms with Gasteiger partial charge in [-0.25, -0.2) is 0 Å². The van der Waals surface area contributed by atoms with E-state index in [0.29, 0.717) is 0 Å². The Bertz CT molecular complexity index is 306. The van der Waals surface area contributed by atoms with E-state index in [-0.39, 0.29) is 19.6 Å². The van der Waals surface area contributed by atoms with E-state index in [2.05, 4.69) is 10.1 Å². The molecule has 2 amide bonds. The summed E-state index contributed by atoms with van der Waals surface area (Å²) in [4.78, 5) is 33.8. The molecule has 0 bridgehead atoms. The molecule has 0 aromatic carbocycles. The molecule has 0 radical (unpaired) electrons. The molecule has 0 aliphatic carbocycles. The molecule has 2 atom stereocenters. The Hall–Kier alpha value is -1.63. The highest BCUT2D eigenvalue weighted by atomic mass is 16.5. The molecule has 3 N–H and O–H groups in total. The maximum Gasteiger partial charge on any atom is 0.306 e. The quantitative estimate of drug-likeness (QED) is 0.555. The van der Waals surface area contributed by atoms with E-state index >= 15 is 0 Å². The monoisotopic (exact) mass is 260 g/mol. The summed E-state index contributed by atoms with van der Waals surface area (Å²) < 4.78 is 9.39. The predicted octanol–water partition coefficient (Wildman–Crippen LogP) is -0.808. The number of methoxy groups -OCH3 is 1. The summed E-state index contributed by atoms with van der Waals surface area (Å²) in [5.41, 5.74) is 5.19. The van der Waals surface area contributed by atoms with Gasteiger partial charge in [0.15, 0.2) is 0 Å². The first-order valence-electron chi connectivity index (χ1n) is 5.65. The zero-order chi connectivity index (χ0) is 14.1. The van der Waals surface area contributed by atoms with Gasteiger partial charge in [-0.05, 0) is 12.8 Å². The Labute approximate surface area is 106 Å². The lowest BCUT2D eigenvalue weighted by molar-refractivity contribution is -0.145. The zero-order valence-corrected chi connectivity index (χ0v) is 10.9. The molecule has 7 nitrogen and oxygen atoms in total. The van der Waals surface area contributed by atoms with Crippen LogP contribution in [0.1, 0.15) is 20.3 Å². The van der Waals surface area contributed by atoms with E-state index < -0.39 is 29.7 Å². The van der Waals surface area contributed by atoms with E-state index in [1.54, 1.807) is 13.8 Å². The van der Waals surface area contributed by atoms with Gasteiger partial charge in [-0.15, -0.1) is 0 Å². The molecule has 0 aliphatic rings. The average Bonchev–Trinajstić information content (AvgIpc) is 2.25. The van der Waals surface area contributed by atoms with Gasteiger partial charge in [-0.1, -0.05) is 6.92 Å². The fraction of sp³-hybridized carbons (Fsp3) is 0.727. The number of ether oxygens (including phenoxy) is 2. The van der Waals surface area contributed by atoms with Gasteiger partial charge in [-0.2, -0.15) is 0 Å². The van der Waals surface area contributed by atoms with Crippen molar-refractivity contribution in [2.24, 2.45) is 11.7 Å². The first-order valence-corrected chi connectivity index (χ1v) is 5.65. The third-order valence-electron chi connectivity index (χ3n) is 2.26. The predicted molar refractivity (Wildman–Crippen MR) is 63.4 cm³/mol. The van der Waals surface area contributed by atoms with Crippen LogP contribution in [0.25, 0.3) is 0 Å². The topological polar surface area (TPSA) is 108 Å². The lowest BCUT2D eigenvalue weighted by Gasteiger charge is -2.21. The second kappa shape index (κ2) is 8.46. The minimum atomic E-state index is -0.919. The normalized spacial score (nSPS) is 13.5. The molecule has 0 aromatic heterocycles. The number of nitrogens with one attached hydrogen (secondary N) is 1. The minimum Gasteiger partial charge on any atom is -0.466 e. The maximum atomic E-state index is 11.3. The van der Waals surface area contributed by atoms with Gasteiger partial charge in [0.1, 0.15) is 12.6 Å². The van der Waals surface area contributed by atoms with Crippen molar-refractivity contribution < 1.29 is 23.9 Å². The Balaban J connectivity index is 4.45. The fourth-order valence-electron chi connectivity index (χ4n) is 1.44. The van der Waals surface area contributed by atoms with E-state index in [4.69, 9.17) is 10.5 Å². The molecule has 0 aromatic rings. The van der Waals surface area contributed by atoms with Crippen LogP contribution in [-0.2, 0) is 23.9 Å². The van der Waals surface area contributed by atoms with Crippen LogP contribution in [0.15, 0.2) is 0 Å². The zero-order valence-electron chi connectivity index (χ0n) is 10.9. The van der Waals surface area contributed by atoms with Gasteiger partial charge in [-0.3, -0.25) is 14.4 Å². The number of hydrogen-bond donors (Lipinski definition) is 2. The van der Waals surface area contributed by atoms with Crippen LogP contribution < -0.4 is 11.1 Å². The number of esters is 1. The number of carbonyl (C=O) groups is 3. The van der Waals surface area contributed by atoms with Crippen molar-refractivity contribution in [1.29, 1.82) is 0 Å². The van der Waals surface area contributed by atoms with E-state index in [9.17, 15) is 14.4 Å².